The third kappa shape index (κ3) is 6.90. The number of ether oxygens (including phenoxy) is 2. The number of carbonyl (C=O) groups excluding carboxylic acids is 1. The molecule has 0 saturated carbocycles. The Hall–Kier alpha value is -4.27. The summed E-state index contributed by atoms with van der Waals surface area (Å²) in [5, 5.41) is 9.95. The van der Waals surface area contributed by atoms with Crippen molar-refractivity contribution >= 4 is 5.91 Å². The van der Waals surface area contributed by atoms with Crippen LogP contribution < -0.4 is 9.47 Å². The molecule has 5 rings (SSSR count). The molecule has 0 saturated heterocycles. The zero-order valence-electron chi connectivity index (χ0n) is 23.7. The van der Waals surface area contributed by atoms with Gasteiger partial charge in [-0.15, -0.1) is 0 Å². The summed E-state index contributed by atoms with van der Waals surface area (Å²) in [5.41, 5.74) is 3.19. The van der Waals surface area contributed by atoms with E-state index in [1.165, 1.54) is 0 Å². The van der Waals surface area contributed by atoms with Gasteiger partial charge in [0.1, 0.15) is 23.2 Å². The first-order chi connectivity index (χ1) is 19.9. The average Bonchev–Trinajstić information content (AvgIpc) is 3.00. The predicted molar refractivity (Wildman–Crippen MR) is 158 cm³/mol. The van der Waals surface area contributed by atoms with Crippen LogP contribution in [0.15, 0.2) is 91.4 Å². The number of amides is 1. The number of para-hydroxylation sites is 1. The number of benzene rings is 2. The van der Waals surface area contributed by atoms with E-state index < -0.39 is 0 Å². The molecule has 2 aromatic carbocycles. The van der Waals surface area contributed by atoms with E-state index in [-0.39, 0.29) is 30.6 Å². The molecule has 1 amide bonds. The van der Waals surface area contributed by atoms with Gasteiger partial charge in [0, 0.05) is 55.3 Å². The van der Waals surface area contributed by atoms with E-state index in [0.717, 1.165) is 28.2 Å². The Labute approximate surface area is 241 Å². The number of likely N-dealkylation sites (N-methyl/N-ethyl adjacent to an activating group) is 1. The predicted octanol–water partition coefficient (Wildman–Crippen LogP) is 5.29. The second-order valence-electron chi connectivity index (χ2n) is 10.7. The molecule has 0 fully saturated rings. The first kappa shape index (κ1) is 28.3. The van der Waals surface area contributed by atoms with E-state index in [1.807, 2.05) is 67.6 Å². The van der Waals surface area contributed by atoms with E-state index in [0.29, 0.717) is 31.1 Å². The number of carbonyl (C=O) groups is 1. The minimum atomic E-state index is -0.340. The Morgan fingerprint density at radius 1 is 1.05 bits per heavy atom. The molecule has 212 valence electrons. The van der Waals surface area contributed by atoms with Crippen LogP contribution in [0.2, 0.25) is 0 Å². The van der Waals surface area contributed by atoms with Crippen LogP contribution in [0.3, 0.4) is 0 Å². The van der Waals surface area contributed by atoms with Crippen molar-refractivity contribution < 1.29 is 19.4 Å². The number of aliphatic hydroxyl groups is 1. The summed E-state index contributed by atoms with van der Waals surface area (Å²) < 4.78 is 12.4. The maximum Gasteiger partial charge on any atom is 0.259 e. The molecule has 4 aromatic rings. The van der Waals surface area contributed by atoms with Crippen molar-refractivity contribution in [2.75, 3.05) is 26.7 Å². The molecule has 0 bridgehead atoms. The highest BCUT2D eigenvalue weighted by Gasteiger charge is 2.34. The summed E-state index contributed by atoms with van der Waals surface area (Å²) in [6.45, 7) is 5.61. The second-order valence-corrected chi connectivity index (χ2v) is 10.7. The molecule has 0 radical (unpaired) electrons. The van der Waals surface area contributed by atoms with Gasteiger partial charge in [-0.1, -0.05) is 43.3 Å². The van der Waals surface area contributed by atoms with Gasteiger partial charge in [-0.05, 0) is 55.9 Å². The normalized spacial score (nSPS) is 17.8. The van der Waals surface area contributed by atoms with Gasteiger partial charge in [-0.3, -0.25) is 14.7 Å². The molecule has 0 unspecified atom stereocenters. The number of hydrogen-bond acceptors (Lipinski definition) is 7. The zero-order chi connectivity index (χ0) is 28.8. The standard InChI is InChI=1S/C33H36N4O4/c1-23-19-37(24(2)22-38)33(39)30-16-27(26-8-7-15-34-17-26)18-35-32(30)41-31(23)21-36(3)20-25-11-13-29(14-12-25)40-28-9-5-4-6-10-28/h4-18,23-24,31,38H,19-22H2,1-3H3/t23-,24+,31-/m1/s1. The molecule has 8 heteroatoms. The van der Waals surface area contributed by atoms with Gasteiger partial charge >= 0.3 is 0 Å². The number of aromatic nitrogens is 2. The smallest absolute Gasteiger partial charge is 0.259 e. The average molecular weight is 553 g/mol. The monoisotopic (exact) mass is 552 g/mol. The van der Waals surface area contributed by atoms with Gasteiger partial charge < -0.3 is 19.5 Å². The molecule has 1 N–H and O–H groups in total. The van der Waals surface area contributed by atoms with Crippen molar-refractivity contribution in [1.82, 2.24) is 19.8 Å². The fourth-order valence-electron chi connectivity index (χ4n) is 4.98. The summed E-state index contributed by atoms with van der Waals surface area (Å²) in [4.78, 5) is 26.4. The largest absolute Gasteiger partial charge is 0.472 e. The summed E-state index contributed by atoms with van der Waals surface area (Å²) >= 11 is 0. The van der Waals surface area contributed by atoms with E-state index >= 15 is 0 Å². The van der Waals surface area contributed by atoms with Gasteiger partial charge in [-0.25, -0.2) is 4.98 Å². The maximum absolute atomic E-state index is 13.7. The van der Waals surface area contributed by atoms with Gasteiger partial charge in [0.15, 0.2) is 0 Å². The lowest BCUT2D eigenvalue weighted by atomic mass is 9.99. The molecule has 2 aromatic heterocycles. The fraction of sp³-hybridized carbons (Fsp3) is 0.303. The summed E-state index contributed by atoms with van der Waals surface area (Å²) in [6, 6.07) is 23.1. The second kappa shape index (κ2) is 12.9. The van der Waals surface area contributed by atoms with Crippen molar-refractivity contribution in [2.45, 2.75) is 32.5 Å². The van der Waals surface area contributed by atoms with Gasteiger partial charge in [0.25, 0.3) is 5.91 Å². The number of rotatable bonds is 9. The third-order valence-electron chi connectivity index (χ3n) is 7.36. The number of aliphatic hydroxyl groups excluding tert-OH is 1. The van der Waals surface area contributed by atoms with Gasteiger partial charge in [0.05, 0.1) is 12.6 Å². The van der Waals surface area contributed by atoms with Crippen molar-refractivity contribution in [3.8, 4) is 28.5 Å². The Morgan fingerprint density at radius 2 is 1.80 bits per heavy atom. The summed E-state index contributed by atoms with van der Waals surface area (Å²) in [5.74, 6) is 1.71. The van der Waals surface area contributed by atoms with Crippen LogP contribution in [-0.2, 0) is 6.54 Å². The highest BCUT2D eigenvalue weighted by molar-refractivity contribution is 5.98. The lowest BCUT2D eigenvalue weighted by Gasteiger charge is -2.37. The number of fused-ring (bicyclic) bond motifs is 1. The molecule has 3 heterocycles. The van der Waals surface area contributed by atoms with E-state index in [9.17, 15) is 9.90 Å². The first-order valence-corrected chi connectivity index (χ1v) is 13.9. The van der Waals surface area contributed by atoms with Crippen LogP contribution in [0.5, 0.6) is 17.4 Å². The van der Waals surface area contributed by atoms with Crippen LogP contribution in [0.4, 0.5) is 0 Å². The quantitative estimate of drug-likeness (QED) is 0.302. The highest BCUT2D eigenvalue weighted by atomic mass is 16.5. The molecular formula is C33H36N4O4. The first-order valence-electron chi connectivity index (χ1n) is 13.9. The van der Waals surface area contributed by atoms with E-state index in [2.05, 4.69) is 41.0 Å². The van der Waals surface area contributed by atoms with Crippen LogP contribution in [-0.4, -0.2) is 69.7 Å². The SMILES string of the molecule is C[C@@H]1CN([C@@H](C)CO)C(=O)c2cc(-c3cccnc3)cnc2O[C@@H]1CN(C)Cc1ccc(Oc2ccccc2)cc1. The minimum Gasteiger partial charge on any atom is -0.472 e. The van der Waals surface area contributed by atoms with Crippen LogP contribution >= 0.6 is 0 Å². The topological polar surface area (TPSA) is 88.0 Å². The van der Waals surface area contributed by atoms with Crippen LogP contribution in [0.1, 0.15) is 29.8 Å². The van der Waals surface area contributed by atoms with E-state index in [4.69, 9.17) is 9.47 Å². The van der Waals surface area contributed by atoms with Gasteiger partial charge in [-0.2, -0.15) is 0 Å². The highest BCUT2D eigenvalue weighted by Crippen LogP contribution is 2.30. The fourth-order valence-corrected chi connectivity index (χ4v) is 4.98. The Bertz CT molecular complexity index is 1430. The maximum atomic E-state index is 13.7. The zero-order valence-corrected chi connectivity index (χ0v) is 23.7. The lowest BCUT2D eigenvalue weighted by Crippen LogP contribution is -2.49. The minimum absolute atomic E-state index is 0.00463. The molecule has 3 atom stereocenters. The molecule has 1 aliphatic heterocycles. The number of nitrogens with zero attached hydrogens (tertiary/aromatic N) is 4. The van der Waals surface area contributed by atoms with E-state index in [1.54, 1.807) is 23.5 Å². The molecule has 0 aliphatic carbocycles. The third-order valence-corrected chi connectivity index (χ3v) is 7.36. The molecule has 1 aliphatic rings. The van der Waals surface area contributed by atoms with Crippen molar-refractivity contribution in [3.05, 3.63) is 103 Å². The molecule has 0 spiro atoms. The Kier molecular flexibility index (Phi) is 8.91. The van der Waals surface area contributed by atoms with Crippen molar-refractivity contribution in [2.24, 2.45) is 5.92 Å². The molecular weight excluding hydrogens is 516 g/mol. The van der Waals surface area contributed by atoms with Crippen LogP contribution in [0, 0.1) is 5.92 Å². The van der Waals surface area contributed by atoms with Crippen LogP contribution in [0.25, 0.3) is 11.1 Å². The summed E-state index contributed by atoms with van der Waals surface area (Å²) in [6.07, 6.45) is 4.94. The van der Waals surface area contributed by atoms with Gasteiger partial charge in [0.2, 0.25) is 5.88 Å². The summed E-state index contributed by atoms with van der Waals surface area (Å²) in [7, 11) is 2.06. The number of hydrogen-bond donors (Lipinski definition) is 1. The Morgan fingerprint density at radius 3 is 2.51 bits per heavy atom. The van der Waals surface area contributed by atoms with Crippen molar-refractivity contribution in [3.63, 3.8) is 0 Å². The van der Waals surface area contributed by atoms with Crippen molar-refractivity contribution in [1.29, 1.82) is 0 Å². The number of pyridine rings is 2. The lowest BCUT2D eigenvalue weighted by molar-refractivity contribution is 0.0325. The molecule has 41 heavy (non-hydrogen) atoms. The Balaban J connectivity index is 1.33. The molecule has 8 nitrogen and oxygen atoms in total.